The van der Waals surface area contributed by atoms with E-state index in [0.717, 1.165) is 29.5 Å². The first-order valence-electron chi connectivity index (χ1n) is 9.68. The maximum Gasteiger partial charge on any atom is 0.259 e. The second-order valence-electron chi connectivity index (χ2n) is 7.54. The topological polar surface area (TPSA) is 104 Å². The maximum absolute atomic E-state index is 12.5. The van der Waals surface area contributed by atoms with Crippen LogP contribution in [0.25, 0.3) is 10.2 Å². The molecule has 0 bridgehead atoms. The number of rotatable bonds is 6. The van der Waals surface area contributed by atoms with Crippen LogP contribution >= 0.6 is 23.1 Å². The number of hydrogen-bond donors (Lipinski definition) is 3. The van der Waals surface area contributed by atoms with Crippen LogP contribution in [0.2, 0.25) is 0 Å². The zero-order valence-corrected chi connectivity index (χ0v) is 17.5. The van der Waals surface area contributed by atoms with Gasteiger partial charge >= 0.3 is 0 Å². The predicted molar refractivity (Wildman–Crippen MR) is 111 cm³/mol. The van der Waals surface area contributed by atoms with Crippen LogP contribution in [0.1, 0.15) is 42.5 Å². The Morgan fingerprint density at radius 3 is 3.07 bits per heavy atom. The van der Waals surface area contributed by atoms with Gasteiger partial charge in [-0.15, -0.1) is 23.1 Å². The van der Waals surface area contributed by atoms with Crippen LogP contribution < -0.4 is 10.9 Å². The van der Waals surface area contributed by atoms with Gasteiger partial charge in [0.1, 0.15) is 16.3 Å². The minimum absolute atomic E-state index is 0.0677. The van der Waals surface area contributed by atoms with Gasteiger partial charge in [-0.1, -0.05) is 0 Å². The third-order valence-corrected chi connectivity index (χ3v) is 7.73. The number of aliphatic hydroxyl groups is 1. The largest absolute Gasteiger partial charge is 0.385 e. The molecule has 3 heterocycles. The summed E-state index contributed by atoms with van der Waals surface area (Å²) in [5, 5.41) is 14.0. The molecule has 0 aromatic carbocycles. The highest BCUT2D eigenvalue weighted by Crippen LogP contribution is 2.33. The summed E-state index contributed by atoms with van der Waals surface area (Å²) in [4.78, 5) is 34.2. The summed E-state index contributed by atoms with van der Waals surface area (Å²) < 4.78 is 5.37. The highest BCUT2D eigenvalue weighted by Gasteiger charge is 2.39. The van der Waals surface area contributed by atoms with Gasteiger partial charge in [0.25, 0.3) is 5.56 Å². The summed E-state index contributed by atoms with van der Waals surface area (Å²) >= 11 is 3.03. The zero-order chi connectivity index (χ0) is 19.7. The quantitative estimate of drug-likeness (QED) is 0.654. The van der Waals surface area contributed by atoms with Crippen molar-refractivity contribution in [2.24, 2.45) is 0 Å². The summed E-state index contributed by atoms with van der Waals surface area (Å²) in [7, 11) is 0. The van der Waals surface area contributed by atoms with Gasteiger partial charge < -0.3 is 20.1 Å². The Morgan fingerprint density at radius 1 is 1.46 bits per heavy atom. The molecule has 2 aromatic rings. The first-order chi connectivity index (χ1) is 13.5. The number of carbonyl (C=O) groups excluding carboxylic acids is 1. The predicted octanol–water partition coefficient (Wildman–Crippen LogP) is 1.75. The molecule has 2 unspecified atom stereocenters. The number of aryl methyl sites for hydroxylation is 2. The first kappa shape index (κ1) is 19.9. The van der Waals surface area contributed by atoms with Crippen LogP contribution in [0.5, 0.6) is 0 Å². The number of thiophene rings is 1. The fourth-order valence-corrected chi connectivity index (χ4v) is 5.82. The van der Waals surface area contributed by atoms with Crippen LogP contribution in [0, 0.1) is 0 Å². The third kappa shape index (κ3) is 3.98. The third-order valence-electron chi connectivity index (χ3n) is 5.60. The Hall–Kier alpha value is -1.42. The standard InChI is InChI=1S/C19H25N3O4S2/c1-11-19(25,6-7-26-11)10-20-15(23)9-27-8-14-21-17(24)16-12-4-2-3-5-13(12)28-18(16)22-14/h11,25H,2-10H2,1H3,(H,20,23)(H,21,22,24). The number of hydrogen-bond acceptors (Lipinski definition) is 7. The smallest absolute Gasteiger partial charge is 0.259 e. The van der Waals surface area contributed by atoms with E-state index in [1.54, 1.807) is 11.3 Å². The Morgan fingerprint density at radius 2 is 2.29 bits per heavy atom. The lowest BCUT2D eigenvalue weighted by molar-refractivity contribution is -0.120. The summed E-state index contributed by atoms with van der Waals surface area (Å²) in [5.74, 6) is 1.16. The van der Waals surface area contributed by atoms with Crippen molar-refractivity contribution in [3.8, 4) is 0 Å². The zero-order valence-electron chi connectivity index (χ0n) is 15.9. The van der Waals surface area contributed by atoms with Crippen molar-refractivity contribution in [1.29, 1.82) is 0 Å². The summed E-state index contributed by atoms with van der Waals surface area (Å²) in [6.45, 7) is 2.51. The van der Waals surface area contributed by atoms with E-state index in [0.29, 0.717) is 24.6 Å². The van der Waals surface area contributed by atoms with Crippen LogP contribution in [-0.4, -0.2) is 51.6 Å². The molecule has 9 heteroatoms. The lowest BCUT2D eigenvalue weighted by Gasteiger charge is -2.26. The number of aromatic nitrogens is 2. The molecule has 1 aliphatic carbocycles. The fraction of sp³-hybridized carbons (Fsp3) is 0.632. The molecule has 1 aliphatic heterocycles. The van der Waals surface area contributed by atoms with Gasteiger partial charge in [-0.2, -0.15) is 0 Å². The number of nitrogens with zero attached hydrogens (tertiary/aromatic N) is 1. The Kier molecular flexibility index (Phi) is 5.78. The molecule has 1 amide bonds. The number of aromatic amines is 1. The SMILES string of the molecule is CC1OCCC1(O)CNC(=O)CSCc1nc2sc3c(c2c(=O)[nH]1)CCCC3. The molecule has 0 saturated carbocycles. The fourth-order valence-electron chi connectivity index (χ4n) is 3.82. The lowest BCUT2D eigenvalue weighted by Crippen LogP contribution is -2.47. The van der Waals surface area contributed by atoms with Crippen molar-refractivity contribution >= 4 is 39.2 Å². The van der Waals surface area contributed by atoms with Crippen LogP contribution in [0.4, 0.5) is 0 Å². The molecular formula is C19H25N3O4S2. The van der Waals surface area contributed by atoms with Crippen molar-refractivity contribution in [3.63, 3.8) is 0 Å². The Bertz CT molecular complexity index is 941. The molecule has 1 saturated heterocycles. The number of amides is 1. The molecule has 28 heavy (non-hydrogen) atoms. The Labute approximate surface area is 171 Å². The molecule has 152 valence electrons. The van der Waals surface area contributed by atoms with Crippen molar-refractivity contribution in [2.45, 2.75) is 56.5 Å². The molecule has 4 rings (SSSR count). The lowest BCUT2D eigenvalue weighted by atomic mass is 9.97. The minimum Gasteiger partial charge on any atom is -0.385 e. The van der Waals surface area contributed by atoms with Gasteiger partial charge in [-0.3, -0.25) is 9.59 Å². The van der Waals surface area contributed by atoms with Crippen molar-refractivity contribution in [2.75, 3.05) is 18.9 Å². The molecule has 2 atom stereocenters. The molecule has 2 aromatic heterocycles. The van der Waals surface area contributed by atoms with Gasteiger partial charge in [0.15, 0.2) is 0 Å². The maximum atomic E-state index is 12.5. The first-order valence-corrected chi connectivity index (χ1v) is 11.7. The number of thioether (sulfide) groups is 1. The Balaban J connectivity index is 1.33. The van der Waals surface area contributed by atoms with Crippen molar-refractivity contribution < 1.29 is 14.6 Å². The summed E-state index contributed by atoms with van der Waals surface area (Å²) in [6, 6.07) is 0. The van der Waals surface area contributed by atoms with Crippen LogP contribution in [0.15, 0.2) is 4.79 Å². The molecule has 0 radical (unpaired) electrons. The average Bonchev–Trinajstić information content (AvgIpc) is 3.20. The minimum atomic E-state index is -0.990. The molecule has 2 aliphatic rings. The second kappa shape index (κ2) is 8.14. The number of nitrogens with one attached hydrogen (secondary N) is 2. The molecule has 1 fully saturated rings. The molecule has 3 N–H and O–H groups in total. The highest BCUT2D eigenvalue weighted by atomic mass is 32.2. The summed E-state index contributed by atoms with van der Waals surface area (Å²) in [5.41, 5.74) is 0.125. The number of H-pyrrole nitrogens is 1. The van der Waals surface area contributed by atoms with E-state index in [-0.39, 0.29) is 29.9 Å². The summed E-state index contributed by atoms with van der Waals surface area (Å²) in [6.07, 6.45) is 4.55. The van der Waals surface area contributed by atoms with Gasteiger partial charge in [0.2, 0.25) is 5.91 Å². The van der Waals surface area contributed by atoms with Gasteiger partial charge in [0.05, 0.1) is 23.0 Å². The van der Waals surface area contributed by atoms with Crippen LogP contribution in [-0.2, 0) is 28.1 Å². The molecule has 7 nitrogen and oxygen atoms in total. The average molecular weight is 424 g/mol. The van der Waals surface area contributed by atoms with E-state index >= 15 is 0 Å². The van der Waals surface area contributed by atoms with Gasteiger partial charge in [0, 0.05) is 24.4 Å². The van der Waals surface area contributed by atoms with E-state index in [9.17, 15) is 14.7 Å². The molecular weight excluding hydrogens is 398 g/mol. The second-order valence-corrected chi connectivity index (χ2v) is 9.61. The number of fused-ring (bicyclic) bond motifs is 3. The van der Waals surface area contributed by atoms with Gasteiger partial charge in [-0.25, -0.2) is 4.98 Å². The number of carbonyl (C=O) groups is 1. The van der Waals surface area contributed by atoms with Crippen molar-refractivity contribution in [1.82, 2.24) is 15.3 Å². The van der Waals surface area contributed by atoms with E-state index in [2.05, 4.69) is 15.3 Å². The van der Waals surface area contributed by atoms with Crippen LogP contribution in [0.3, 0.4) is 0 Å². The van der Waals surface area contributed by atoms with E-state index in [1.807, 2.05) is 6.92 Å². The molecule has 0 spiro atoms. The highest BCUT2D eigenvalue weighted by molar-refractivity contribution is 7.99. The van der Waals surface area contributed by atoms with E-state index in [4.69, 9.17) is 4.74 Å². The van der Waals surface area contributed by atoms with E-state index in [1.165, 1.54) is 28.6 Å². The van der Waals surface area contributed by atoms with Crippen molar-refractivity contribution in [3.05, 3.63) is 26.6 Å². The monoisotopic (exact) mass is 423 g/mol. The van der Waals surface area contributed by atoms with E-state index < -0.39 is 5.60 Å². The van der Waals surface area contributed by atoms with Gasteiger partial charge in [-0.05, 0) is 38.2 Å². The normalized spacial score (nSPS) is 24.4. The number of ether oxygens (including phenoxy) is 1.